The average molecular weight is 435 g/mol. The van der Waals surface area contributed by atoms with Crippen LogP contribution in [-0.4, -0.2) is 31.8 Å². The third kappa shape index (κ3) is 5.44. The minimum absolute atomic E-state index is 0.0931. The third-order valence-corrected chi connectivity index (χ3v) is 5.20. The Bertz CT molecular complexity index is 1040. The number of hydrogen-bond donors (Lipinski definition) is 2. The van der Waals surface area contributed by atoms with E-state index in [-0.39, 0.29) is 18.5 Å². The monoisotopic (exact) mass is 435 g/mol. The van der Waals surface area contributed by atoms with Crippen molar-refractivity contribution in [2.75, 3.05) is 5.32 Å². The Morgan fingerprint density at radius 1 is 1.30 bits per heavy atom. The first-order valence-electron chi connectivity index (χ1n) is 8.99. The van der Waals surface area contributed by atoms with Crippen LogP contribution in [0.2, 0.25) is 0 Å². The van der Waals surface area contributed by atoms with Crippen molar-refractivity contribution in [2.24, 2.45) is 5.73 Å². The van der Waals surface area contributed by atoms with Gasteiger partial charge in [0.05, 0.1) is 23.7 Å². The van der Waals surface area contributed by atoms with E-state index in [1.54, 1.807) is 23.6 Å². The molecule has 0 saturated heterocycles. The number of hydrogen-bond acceptors (Lipinski definition) is 6. The van der Waals surface area contributed by atoms with E-state index in [9.17, 15) is 18.4 Å². The Kier molecular flexibility index (Phi) is 6.83. The van der Waals surface area contributed by atoms with Crippen molar-refractivity contribution in [3.8, 4) is 0 Å². The summed E-state index contributed by atoms with van der Waals surface area (Å²) in [7, 11) is 0. The number of nitrogens with zero attached hydrogens (tertiary/aromatic N) is 3. The largest absolute Gasteiger partial charge is 0.467 e. The average Bonchev–Trinajstić information content (AvgIpc) is 3.34. The number of carbonyl (C=O) groups excluding carboxylic acids is 2. The standard InChI is InChI=1S/C19H19F2N5O3S/c1-11(18(28)23-15-9-12(20)4-5-14(15)21)30-19-25-24-17(7-6-16(22)27)26(19)10-13-3-2-8-29-13/h2-5,8-9,11H,6-7,10H2,1H3,(H2,22,27)(H,23,28). The molecule has 11 heteroatoms. The highest BCUT2D eigenvalue weighted by Gasteiger charge is 2.22. The lowest BCUT2D eigenvalue weighted by Crippen LogP contribution is -2.23. The summed E-state index contributed by atoms with van der Waals surface area (Å²) in [6, 6.07) is 6.32. The number of thioether (sulfide) groups is 1. The van der Waals surface area contributed by atoms with Gasteiger partial charge in [-0.05, 0) is 31.2 Å². The van der Waals surface area contributed by atoms with Gasteiger partial charge in [0.1, 0.15) is 23.2 Å². The number of furan rings is 1. The van der Waals surface area contributed by atoms with Crippen LogP contribution in [0.25, 0.3) is 0 Å². The second kappa shape index (κ2) is 9.53. The van der Waals surface area contributed by atoms with E-state index in [4.69, 9.17) is 10.2 Å². The Balaban J connectivity index is 1.76. The van der Waals surface area contributed by atoms with Gasteiger partial charge in [0, 0.05) is 18.9 Å². The molecule has 0 bridgehead atoms. The van der Waals surface area contributed by atoms with E-state index < -0.39 is 28.7 Å². The highest BCUT2D eigenvalue weighted by atomic mass is 32.2. The number of aromatic nitrogens is 3. The van der Waals surface area contributed by atoms with Gasteiger partial charge < -0.3 is 15.5 Å². The molecule has 0 saturated carbocycles. The highest BCUT2D eigenvalue weighted by Crippen LogP contribution is 2.25. The molecule has 0 fully saturated rings. The number of carbonyl (C=O) groups is 2. The summed E-state index contributed by atoms with van der Waals surface area (Å²) < 4.78 is 34.2. The predicted octanol–water partition coefficient (Wildman–Crippen LogP) is 2.73. The van der Waals surface area contributed by atoms with Gasteiger partial charge in [0.15, 0.2) is 5.16 Å². The molecular formula is C19H19F2N5O3S. The molecule has 0 radical (unpaired) electrons. The first-order chi connectivity index (χ1) is 14.3. The molecule has 0 aliphatic carbocycles. The second-order valence-corrected chi connectivity index (χ2v) is 7.71. The van der Waals surface area contributed by atoms with Crippen LogP contribution in [0.3, 0.4) is 0 Å². The van der Waals surface area contributed by atoms with Crippen LogP contribution in [0.1, 0.15) is 24.9 Å². The number of anilines is 1. The fourth-order valence-corrected chi connectivity index (χ4v) is 3.45. The lowest BCUT2D eigenvalue weighted by molar-refractivity contribution is -0.118. The van der Waals surface area contributed by atoms with Crippen molar-refractivity contribution >= 4 is 29.3 Å². The minimum atomic E-state index is -0.739. The van der Waals surface area contributed by atoms with E-state index >= 15 is 0 Å². The molecule has 30 heavy (non-hydrogen) atoms. The molecule has 2 heterocycles. The van der Waals surface area contributed by atoms with Crippen molar-refractivity contribution in [3.05, 3.63) is 59.8 Å². The molecule has 2 amide bonds. The predicted molar refractivity (Wildman–Crippen MR) is 106 cm³/mol. The van der Waals surface area contributed by atoms with Gasteiger partial charge in [-0.25, -0.2) is 8.78 Å². The topological polar surface area (TPSA) is 116 Å². The number of aryl methyl sites for hydroxylation is 1. The van der Waals surface area contributed by atoms with Gasteiger partial charge in [-0.2, -0.15) is 0 Å². The van der Waals surface area contributed by atoms with E-state index in [0.29, 0.717) is 23.3 Å². The zero-order valence-electron chi connectivity index (χ0n) is 16.0. The van der Waals surface area contributed by atoms with Crippen molar-refractivity contribution in [2.45, 2.75) is 36.7 Å². The zero-order chi connectivity index (χ0) is 21.7. The summed E-state index contributed by atoms with van der Waals surface area (Å²) in [5, 5.41) is 10.3. The molecule has 3 rings (SSSR count). The number of benzene rings is 1. The fourth-order valence-electron chi connectivity index (χ4n) is 2.58. The summed E-state index contributed by atoms with van der Waals surface area (Å²) in [6.45, 7) is 1.90. The van der Waals surface area contributed by atoms with Gasteiger partial charge >= 0.3 is 0 Å². The molecular weight excluding hydrogens is 416 g/mol. The van der Waals surface area contributed by atoms with Crippen molar-refractivity contribution in [1.29, 1.82) is 0 Å². The van der Waals surface area contributed by atoms with E-state index in [0.717, 1.165) is 30.0 Å². The summed E-state index contributed by atoms with van der Waals surface area (Å²) in [4.78, 5) is 23.6. The Morgan fingerprint density at radius 2 is 2.10 bits per heavy atom. The fraction of sp³-hybridized carbons (Fsp3) is 0.263. The van der Waals surface area contributed by atoms with Gasteiger partial charge in [-0.3, -0.25) is 14.2 Å². The maximum atomic E-state index is 13.8. The molecule has 0 spiro atoms. The van der Waals surface area contributed by atoms with Gasteiger partial charge in [-0.1, -0.05) is 11.8 Å². The summed E-state index contributed by atoms with van der Waals surface area (Å²) in [6.07, 6.45) is 1.90. The van der Waals surface area contributed by atoms with Gasteiger partial charge in [0.25, 0.3) is 0 Å². The number of nitrogens with two attached hydrogens (primary N) is 1. The second-order valence-electron chi connectivity index (χ2n) is 6.40. The number of halogens is 2. The van der Waals surface area contributed by atoms with Crippen molar-refractivity contribution < 1.29 is 22.8 Å². The highest BCUT2D eigenvalue weighted by molar-refractivity contribution is 8.00. The number of rotatable bonds is 9. The Hall–Kier alpha value is -3.21. The lowest BCUT2D eigenvalue weighted by Gasteiger charge is -2.13. The molecule has 0 aliphatic heterocycles. The van der Waals surface area contributed by atoms with Crippen LogP contribution in [0.5, 0.6) is 0 Å². The Morgan fingerprint density at radius 3 is 2.80 bits per heavy atom. The van der Waals surface area contributed by atoms with Gasteiger partial charge in [0.2, 0.25) is 11.8 Å². The SMILES string of the molecule is CC(Sc1nnc(CCC(N)=O)n1Cc1ccco1)C(=O)Nc1cc(F)ccc1F. The molecule has 1 unspecified atom stereocenters. The van der Waals surface area contributed by atoms with Crippen molar-refractivity contribution in [1.82, 2.24) is 14.8 Å². The first kappa shape index (κ1) is 21.5. The summed E-state index contributed by atoms with van der Waals surface area (Å²) >= 11 is 1.09. The summed E-state index contributed by atoms with van der Waals surface area (Å²) in [5.74, 6) is -1.26. The molecule has 1 aromatic carbocycles. The molecule has 3 N–H and O–H groups in total. The molecule has 158 valence electrons. The van der Waals surface area contributed by atoms with Gasteiger partial charge in [-0.15, -0.1) is 10.2 Å². The van der Waals surface area contributed by atoms with Crippen LogP contribution >= 0.6 is 11.8 Å². The summed E-state index contributed by atoms with van der Waals surface area (Å²) in [5.41, 5.74) is 4.98. The van der Waals surface area contributed by atoms with Crippen LogP contribution in [0, 0.1) is 11.6 Å². The minimum Gasteiger partial charge on any atom is -0.467 e. The van der Waals surface area contributed by atoms with E-state index in [1.807, 2.05) is 0 Å². The molecule has 3 aromatic rings. The number of primary amides is 1. The zero-order valence-corrected chi connectivity index (χ0v) is 16.8. The van der Waals surface area contributed by atoms with E-state index in [1.165, 1.54) is 6.26 Å². The van der Waals surface area contributed by atoms with Crippen LogP contribution in [0.15, 0.2) is 46.2 Å². The smallest absolute Gasteiger partial charge is 0.237 e. The van der Waals surface area contributed by atoms with Crippen LogP contribution in [-0.2, 0) is 22.6 Å². The molecule has 0 aliphatic rings. The third-order valence-electron chi connectivity index (χ3n) is 4.12. The maximum Gasteiger partial charge on any atom is 0.237 e. The quantitative estimate of drug-likeness (QED) is 0.499. The number of nitrogens with one attached hydrogen (secondary N) is 1. The lowest BCUT2D eigenvalue weighted by atomic mass is 10.3. The molecule has 2 aromatic heterocycles. The molecule has 1 atom stereocenters. The van der Waals surface area contributed by atoms with E-state index in [2.05, 4.69) is 15.5 Å². The molecule has 8 nitrogen and oxygen atoms in total. The first-order valence-corrected chi connectivity index (χ1v) is 9.86. The normalized spacial score (nSPS) is 12.0. The Labute approximate surface area is 174 Å². The van der Waals surface area contributed by atoms with Crippen LogP contribution in [0.4, 0.5) is 14.5 Å². The van der Waals surface area contributed by atoms with Crippen LogP contribution < -0.4 is 11.1 Å². The maximum absolute atomic E-state index is 13.8. The van der Waals surface area contributed by atoms with Crippen molar-refractivity contribution in [3.63, 3.8) is 0 Å². The number of amides is 2.